The number of nitriles is 1. The Balaban J connectivity index is 1.36. The smallest absolute Gasteiger partial charge is 0.248 e. The van der Waals surface area contributed by atoms with Crippen molar-refractivity contribution >= 4 is 17.5 Å². The van der Waals surface area contributed by atoms with Crippen LogP contribution in [0.3, 0.4) is 0 Å². The zero-order valence-electron chi connectivity index (χ0n) is 22.4. The number of aromatic nitrogens is 2. The number of carbonyl (C=O) groups is 1. The highest BCUT2D eigenvalue weighted by Gasteiger charge is 2.49. The van der Waals surface area contributed by atoms with Crippen LogP contribution < -0.4 is 20.9 Å². The molecule has 3 aliphatic rings. The molecule has 8 heteroatoms. The molecule has 3 aromatic rings. The Morgan fingerprint density at radius 1 is 1.08 bits per heavy atom. The van der Waals surface area contributed by atoms with Gasteiger partial charge in [0.1, 0.15) is 17.7 Å². The number of amides is 1. The molecule has 4 heterocycles. The number of hydrogen-bond donors (Lipinski definition) is 2. The summed E-state index contributed by atoms with van der Waals surface area (Å²) < 4.78 is 0. The molecule has 2 aliphatic heterocycles. The number of piperidine rings is 1. The van der Waals surface area contributed by atoms with Crippen molar-refractivity contribution in [1.82, 2.24) is 15.3 Å². The first kappa shape index (κ1) is 25.3. The number of nitrogens with zero attached hydrogens (tertiary/aromatic N) is 5. The summed E-state index contributed by atoms with van der Waals surface area (Å²) in [5.74, 6) is 1.50. The summed E-state index contributed by atoms with van der Waals surface area (Å²) in [5.41, 5.74) is 8.62. The Bertz CT molecular complexity index is 1400. The lowest BCUT2D eigenvalue weighted by atomic mass is 9.76. The highest BCUT2D eigenvalue weighted by atomic mass is 16.1. The summed E-state index contributed by atoms with van der Waals surface area (Å²) in [6, 6.07) is 18.8. The van der Waals surface area contributed by atoms with E-state index in [0.29, 0.717) is 29.3 Å². The van der Waals surface area contributed by atoms with Gasteiger partial charge in [0.05, 0.1) is 5.56 Å². The third kappa shape index (κ3) is 4.83. The molecular weight excluding hydrogens is 486 g/mol. The van der Waals surface area contributed by atoms with Gasteiger partial charge in [0.2, 0.25) is 5.91 Å². The second-order valence-electron chi connectivity index (χ2n) is 11.5. The summed E-state index contributed by atoms with van der Waals surface area (Å²) >= 11 is 0. The largest absolute Gasteiger partial charge is 0.366 e. The number of fused-ring (bicyclic) bond motifs is 2. The number of carbonyl (C=O) groups excluding carboxylic acids is 1. The first-order valence-corrected chi connectivity index (χ1v) is 13.9. The number of hydrogen-bond acceptors (Lipinski definition) is 7. The molecule has 3 fully saturated rings. The fourth-order valence-electron chi connectivity index (χ4n) is 6.93. The van der Waals surface area contributed by atoms with E-state index in [2.05, 4.69) is 39.2 Å². The van der Waals surface area contributed by atoms with Crippen LogP contribution >= 0.6 is 0 Å². The molecule has 200 valence electrons. The van der Waals surface area contributed by atoms with E-state index in [0.717, 1.165) is 55.2 Å². The number of benzene rings is 1. The summed E-state index contributed by atoms with van der Waals surface area (Å²) in [4.78, 5) is 26.4. The number of nitrogens with one attached hydrogen (secondary N) is 1. The van der Waals surface area contributed by atoms with Crippen molar-refractivity contribution in [2.24, 2.45) is 11.1 Å². The second-order valence-corrected chi connectivity index (χ2v) is 11.5. The molecule has 1 aliphatic carbocycles. The van der Waals surface area contributed by atoms with Crippen molar-refractivity contribution in [2.75, 3.05) is 29.4 Å². The van der Waals surface area contributed by atoms with Gasteiger partial charge in [-0.25, -0.2) is 9.97 Å². The molecule has 2 saturated heterocycles. The SMILES string of the molecule is CC12CNC3CCCCC3N(c3cc(-c4cccc(C(N)=O)c4)ccn3)C1CCN(c1ccc(C#N)cn1)C2. The van der Waals surface area contributed by atoms with Crippen LogP contribution in [-0.2, 0) is 0 Å². The average Bonchev–Trinajstić information content (AvgIpc) is 3.11. The van der Waals surface area contributed by atoms with Gasteiger partial charge >= 0.3 is 0 Å². The molecule has 1 aromatic carbocycles. The monoisotopic (exact) mass is 521 g/mol. The van der Waals surface area contributed by atoms with E-state index < -0.39 is 5.91 Å². The number of anilines is 2. The Kier molecular flexibility index (Phi) is 6.69. The van der Waals surface area contributed by atoms with Gasteiger partial charge in [-0.05, 0) is 66.8 Å². The molecule has 1 amide bonds. The van der Waals surface area contributed by atoms with Crippen LogP contribution in [0.5, 0.6) is 0 Å². The summed E-state index contributed by atoms with van der Waals surface area (Å²) in [6.07, 6.45) is 9.34. The third-order valence-corrected chi connectivity index (χ3v) is 8.91. The van der Waals surface area contributed by atoms with Crippen molar-refractivity contribution in [2.45, 2.75) is 57.2 Å². The molecule has 1 saturated carbocycles. The van der Waals surface area contributed by atoms with E-state index in [1.54, 1.807) is 12.3 Å². The summed E-state index contributed by atoms with van der Waals surface area (Å²) in [5, 5.41) is 13.2. The standard InChI is InChI=1S/C31H35N7O/c1-31-19-36-25-7-2-3-8-26(25)38(27(31)12-14-37(20-31)28-10-9-21(17-32)18-35-28)29-16-23(11-13-34-29)22-5-4-6-24(15-22)30(33)39/h4-6,9-11,13,15-16,18,25-27,36H,2-3,7-8,12,14,19-20H2,1H3,(H2,33,39). The van der Waals surface area contributed by atoms with E-state index in [1.807, 2.05) is 42.6 Å². The zero-order valence-corrected chi connectivity index (χ0v) is 22.4. The molecular formula is C31H35N7O. The van der Waals surface area contributed by atoms with E-state index in [4.69, 9.17) is 10.7 Å². The van der Waals surface area contributed by atoms with Crippen LogP contribution in [-0.4, -0.2) is 53.6 Å². The lowest BCUT2D eigenvalue weighted by Crippen LogP contribution is -2.60. The van der Waals surface area contributed by atoms with E-state index >= 15 is 0 Å². The highest BCUT2D eigenvalue weighted by molar-refractivity contribution is 5.94. The van der Waals surface area contributed by atoms with Crippen molar-refractivity contribution in [3.63, 3.8) is 0 Å². The Hall–Kier alpha value is -3.96. The quantitative estimate of drug-likeness (QED) is 0.531. The molecule has 0 bridgehead atoms. The fourth-order valence-corrected chi connectivity index (χ4v) is 6.93. The van der Waals surface area contributed by atoms with Crippen molar-refractivity contribution in [3.05, 3.63) is 72.1 Å². The maximum absolute atomic E-state index is 11.8. The molecule has 6 rings (SSSR count). The van der Waals surface area contributed by atoms with Gasteiger partial charge in [-0.1, -0.05) is 31.9 Å². The molecule has 3 N–H and O–H groups in total. The minimum Gasteiger partial charge on any atom is -0.366 e. The van der Waals surface area contributed by atoms with Gasteiger partial charge in [-0.3, -0.25) is 4.79 Å². The van der Waals surface area contributed by atoms with Crippen LogP contribution in [0.4, 0.5) is 11.6 Å². The van der Waals surface area contributed by atoms with Gasteiger partial charge in [-0.15, -0.1) is 0 Å². The number of pyridine rings is 2. The maximum Gasteiger partial charge on any atom is 0.248 e. The minimum absolute atomic E-state index is 0.0330. The molecule has 0 radical (unpaired) electrons. The number of nitrogens with two attached hydrogens (primary N) is 1. The third-order valence-electron chi connectivity index (χ3n) is 8.91. The van der Waals surface area contributed by atoms with Gasteiger partial charge in [-0.2, -0.15) is 5.26 Å². The van der Waals surface area contributed by atoms with Crippen LogP contribution in [0, 0.1) is 16.7 Å². The van der Waals surface area contributed by atoms with E-state index in [9.17, 15) is 10.1 Å². The fraction of sp³-hybridized carbons (Fsp3) is 0.419. The highest BCUT2D eigenvalue weighted by Crippen LogP contribution is 2.43. The molecule has 0 spiro atoms. The number of rotatable bonds is 4. The van der Waals surface area contributed by atoms with Crippen molar-refractivity contribution < 1.29 is 4.79 Å². The Morgan fingerprint density at radius 3 is 2.72 bits per heavy atom. The van der Waals surface area contributed by atoms with Crippen LogP contribution in [0.25, 0.3) is 11.1 Å². The Labute approximate surface area is 229 Å². The van der Waals surface area contributed by atoms with Gasteiger partial charge in [0.15, 0.2) is 0 Å². The second kappa shape index (κ2) is 10.3. The minimum atomic E-state index is -0.422. The Morgan fingerprint density at radius 2 is 1.92 bits per heavy atom. The van der Waals surface area contributed by atoms with Crippen LogP contribution in [0.1, 0.15) is 54.9 Å². The first-order chi connectivity index (χ1) is 18.9. The van der Waals surface area contributed by atoms with Crippen LogP contribution in [0.15, 0.2) is 60.9 Å². The lowest BCUT2D eigenvalue weighted by molar-refractivity contribution is 0.100. The topological polar surface area (TPSA) is 111 Å². The van der Waals surface area contributed by atoms with Gasteiger partial charge < -0.3 is 20.9 Å². The van der Waals surface area contributed by atoms with Crippen molar-refractivity contribution in [1.29, 1.82) is 5.26 Å². The first-order valence-electron chi connectivity index (χ1n) is 13.9. The predicted octanol–water partition coefficient (Wildman–Crippen LogP) is 4.12. The maximum atomic E-state index is 11.8. The molecule has 39 heavy (non-hydrogen) atoms. The summed E-state index contributed by atoms with van der Waals surface area (Å²) in [6.45, 7) is 5.10. The van der Waals surface area contributed by atoms with E-state index in [-0.39, 0.29) is 5.41 Å². The van der Waals surface area contributed by atoms with E-state index in [1.165, 1.54) is 19.3 Å². The molecule has 4 atom stereocenters. The predicted molar refractivity (Wildman–Crippen MR) is 152 cm³/mol. The molecule has 2 aromatic heterocycles. The zero-order chi connectivity index (χ0) is 27.0. The molecule has 4 unspecified atom stereocenters. The normalized spacial score (nSPS) is 26.6. The van der Waals surface area contributed by atoms with Gasteiger partial charge in [0.25, 0.3) is 0 Å². The average molecular weight is 522 g/mol. The number of primary amides is 1. The van der Waals surface area contributed by atoms with Crippen molar-refractivity contribution in [3.8, 4) is 17.2 Å². The van der Waals surface area contributed by atoms with Crippen LogP contribution in [0.2, 0.25) is 0 Å². The summed E-state index contributed by atoms with van der Waals surface area (Å²) in [7, 11) is 0. The molecule has 8 nitrogen and oxygen atoms in total. The van der Waals surface area contributed by atoms with Gasteiger partial charge in [0, 0.05) is 61.1 Å². The lowest BCUT2D eigenvalue weighted by Gasteiger charge is -2.52.